The Balaban J connectivity index is 2.16. The minimum atomic E-state index is -0.881. The first-order chi connectivity index (χ1) is 9.49. The van der Waals surface area contributed by atoms with Crippen molar-refractivity contribution in [2.24, 2.45) is 11.8 Å². The van der Waals surface area contributed by atoms with Crippen LogP contribution in [0.1, 0.15) is 31.7 Å². The lowest BCUT2D eigenvalue weighted by atomic mass is 10.0. The molecule has 1 N–H and O–H groups in total. The average molecular weight is 275 g/mol. The Hall–Kier alpha value is -1.84. The molecule has 2 rings (SSSR count). The molecule has 0 radical (unpaired) electrons. The molecule has 108 valence electrons. The fourth-order valence-electron chi connectivity index (χ4n) is 2.34. The summed E-state index contributed by atoms with van der Waals surface area (Å²) >= 11 is 0. The molecule has 20 heavy (non-hydrogen) atoms. The number of carboxylic acids is 1. The molecule has 4 heteroatoms. The number of aryl methyl sites for hydroxylation is 1. The van der Waals surface area contributed by atoms with Gasteiger partial charge in [-0.15, -0.1) is 0 Å². The first kappa shape index (κ1) is 14.6. The van der Waals surface area contributed by atoms with Crippen molar-refractivity contribution < 1.29 is 14.7 Å². The molecular weight excluding hydrogens is 254 g/mol. The minimum Gasteiger partial charge on any atom is -0.481 e. The molecule has 1 aromatic rings. The second kappa shape index (κ2) is 6.07. The van der Waals surface area contributed by atoms with Crippen LogP contribution in [0.15, 0.2) is 24.3 Å². The normalized spacial score (nSPS) is 15.7. The SMILES string of the molecule is Cc1ccc(N(CCC(=O)O)C(=O)C(C)C2CC2)cc1. The molecule has 0 spiro atoms. The Morgan fingerprint density at radius 1 is 1.30 bits per heavy atom. The van der Waals surface area contributed by atoms with Gasteiger partial charge in [0.1, 0.15) is 0 Å². The zero-order valence-electron chi connectivity index (χ0n) is 12.0. The van der Waals surface area contributed by atoms with Crippen molar-refractivity contribution in [3.05, 3.63) is 29.8 Å². The van der Waals surface area contributed by atoms with Crippen LogP contribution in [0, 0.1) is 18.8 Å². The van der Waals surface area contributed by atoms with E-state index in [1.165, 1.54) is 0 Å². The Labute approximate surface area is 119 Å². The van der Waals surface area contributed by atoms with Gasteiger partial charge in [0.15, 0.2) is 0 Å². The highest BCUT2D eigenvalue weighted by molar-refractivity contribution is 5.95. The smallest absolute Gasteiger partial charge is 0.305 e. The quantitative estimate of drug-likeness (QED) is 0.868. The van der Waals surface area contributed by atoms with Crippen molar-refractivity contribution in [3.63, 3.8) is 0 Å². The average Bonchev–Trinajstić information content (AvgIpc) is 3.24. The number of anilines is 1. The maximum Gasteiger partial charge on any atom is 0.305 e. The van der Waals surface area contributed by atoms with Gasteiger partial charge in [-0.3, -0.25) is 9.59 Å². The zero-order chi connectivity index (χ0) is 14.7. The van der Waals surface area contributed by atoms with Gasteiger partial charge in [0.05, 0.1) is 6.42 Å². The molecule has 1 amide bonds. The summed E-state index contributed by atoms with van der Waals surface area (Å²) in [5, 5.41) is 8.86. The van der Waals surface area contributed by atoms with Gasteiger partial charge in [0.2, 0.25) is 5.91 Å². The highest BCUT2D eigenvalue weighted by Gasteiger charge is 2.35. The van der Waals surface area contributed by atoms with Crippen LogP contribution >= 0.6 is 0 Å². The molecule has 0 heterocycles. The number of amides is 1. The maximum absolute atomic E-state index is 12.6. The number of aliphatic carboxylic acids is 1. The van der Waals surface area contributed by atoms with E-state index < -0.39 is 5.97 Å². The standard InChI is InChI=1S/C16H21NO3/c1-11-3-7-14(8-4-11)17(10-9-15(18)19)16(20)12(2)13-5-6-13/h3-4,7-8,12-13H,5-6,9-10H2,1-2H3,(H,18,19). The number of carboxylic acid groups (broad SMARTS) is 1. The molecule has 0 saturated heterocycles. The first-order valence-electron chi connectivity index (χ1n) is 7.09. The van der Waals surface area contributed by atoms with E-state index in [1.807, 2.05) is 38.1 Å². The van der Waals surface area contributed by atoms with E-state index in [0.717, 1.165) is 24.1 Å². The highest BCUT2D eigenvalue weighted by Crippen LogP contribution is 2.38. The number of carbonyl (C=O) groups is 2. The third-order valence-electron chi connectivity index (χ3n) is 3.88. The molecule has 1 aliphatic rings. The van der Waals surface area contributed by atoms with E-state index >= 15 is 0 Å². The second-order valence-electron chi connectivity index (χ2n) is 5.60. The number of hydrogen-bond acceptors (Lipinski definition) is 2. The number of carbonyl (C=O) groups excluding carboxylic acids is 1. The van der Waals surface area contributed by atoms with Crippen LogP contribution in [0.4, 0.5) is 5.69 Å². The fraction of sp³-hybridized carbons (Fsp3) is 0.500. The van der Waals surface area contributed by atoms with E-state index in [0.29, 0.717) is 5.92 Å². The monoisotopic (exact) mass is 275 g/mol. The molecule has 1 atom stereocenters. The van der Waals surface area contributed by atoms with E-state index in [2.05, 4.69) is 0 Å². The lowest BCUT2D eigenvalue weighted by Gasteiger charge is -2.25. The molecule has 4 nitrogen and oxygen atoms in total. The largest absolute Gasteiger partial charge is 0.481 e. The zero-order valence-corrected chi connectivity index (χ0v) is 12.0. The summed E-state index contributed by atoms with van der Waals surface area (Å²) in [7, 11) is 0. The van der Waals surface area contributed by atoms with Gasteiger partial charge in [-0.1, -0.05) is 24.6 Å². The number of hydrogen-bond donors (Lipinski definition) is 1. The molecule has 0 bridgehead atoms. The van der Waals surface area contributed by atoms with E-state index in [1.54, 1.807) is 4.90 Å². The molecular formula is C16H21NO3. The summed E-state index contributed by atoms with van der Waals surface area (Å²) < 4.78 is 0. The van der Waals surface area contributed by atoms with Gasteiger partial charge in [0, 0.05) is 18.2 Å². The topological polar surface area (TPSA) is 57.6 Å². The van der Waals surface area contributed by atoms with Gasteiger partial charge >= 0.3 is 5.97 Å². The Morgan fingerprint density at radius 2 is 1.90 bits per heavy atom. The van der Waals surface area contributed by atoms with Crippen molar-refractivity contribution in [2.75, 3.05) is 11.4 Å². The number of rotatable bonds is 6. The maximum atomic E-state index is 12.6. The summed E-state index contributed by atoms with van der Waals surface area (Å²) in [4.78, 5) is 25.0. The molecule has 0 aliphatic heterocycles. The van der Waals surface area contributed by atoms with Crippen molar-refractivity contribution >= 4 is 17.6 Å². The van der Waals surface area contributed by atoms with E-state index in [-0.39, 0.29) is 24.8 Å². The van der Waals surface area contributed by atoms with Gasteiger partial charge in [-0.2, -0.15) is 0 Å². The summed E-state index contributed by atoms with van der Waals surface area (Å²) in [6.45, 7) is 4.16. The number of benzene rings is 1. The van der Waals surface area contributed by atoms with Crippen LogP contribution in [-0.2, 0) is 9.59 Å². The molecule has 1 saturated carbocycles. The third-order valence-corrected chi connectivity index (χ3v) is 3.88. The molecule has 1 aliphatic carbocycles. The summed E-state index contributed by atoms with van der Waals surface area (Å²) in [6, 6.07) is 7.65. The summed E-state index contributed by atoms with van der Waals surface area (Å²) in [5.41, 5.74) is 1.91. The van der Waals surface area contributed by atoms with Crippen molar-refractivity contribution in [2.45, 2.75) is 33.1 Å². The predicted molar refractivity (Wildman–Crippen MR) is 77.7 cm³/mol. The highest BCUT2D eigenvalue weighted by atomic mass is 16.4. The van der Waals surface area contributed by atoms with Crippen molar-refractivity contribution in [1.82, 2.24) is 0 Å². The van der Waals surface area contributed by atoms with Crippen LogP contribution < -0.4 is 4.90 Å². The van der Waals surface area contributed by atoms with Crippen LogP contribution in [0.2, 0.25) is 0 Å². The third kappa shape index (κ3) is 3.59. The van der Waals surface area contributed by atoms with Crippen molar-refractivity contribution in [3.8, 4) is 0 Å². The van der Waals surface area contributed by atoms with E-state index in [4.69, 9.17) is 5.11 Å². The van der Waals surface area contributed by atoms with Gasteiger partial charge in [-0.25, -0.2) is 0 Å². The minimum absolute atomic E-state index is 0.0231. The molecule has 1 unspecified atom stereocenters. The van der Waals surface area contributed by atoms with E-state index in [9.17, 15) is 9.59 Å². The lowest BCUT2D eigenvalue weighted by Crippen LogP contribution is -2.37. The first-order valence-corrected chi connectivity index (χ1v) is 7.09. The Bertz CT molecular complexity index is 491. The predicted octanol–water partition coefficient (Wildman–Crippen LogP) is 2.85. The summed E-state index contributed by atoms with van der Waals surface area (Å²) in [5.74, 6) is -0.392. The second-order valence-corrected chi connectivity index (χ2v) is 5.60. The molecule has 0 aromatic heterocycles. The van der Waals surface area contributed by atoms with Crippen LogP contribution in [0.3, 0.4) is 0 Å². The van der Waals surface area contributed by atoms with Crippen LogP contribution in [-0.4, -0.2) is 23.5 Å². The van der Waals surface area contributed by atoms with Gasteiger partial charge < -0.3 is 10.0 Å². The van der Waals surface area contributed by atoms with Crippen LogP contribution in [0.5, 0.6) is 0 Å². The number of nitrogens with zero attached hydrogens (tertiary/aromatic N) is 1. The molecule has 1 aromatic carbocycles. The van der Waals surface area contributed by atoms with Gasteiger partial charge in [-0.05, 0) is 37.8 Å². The van der Waals surface area contributed by atoms with Gasteiger partial charge in [0.25, 0.3) is 0 Å². The van der Waals surface area contributed by atoms with Crippen LogP contribution in [0.25, 0.3) is 0 Å². The fourth-order valence-corrected chi connectivity index (χ4v) is 2.34. The van der Waals surface area contributed by atoms with Crippen molar-refractivity contribution in [1.29, 1.82) is 0 Å². The summed E-state index contributed by atoms with van der Waals surface area (Å²) in [6.07, 6.45) is 2.18. The lowest BCUT2D eigenvalue weighted by molar-refractivity contribution is -0.136. The Kier molecular flexibility index (Phi) is 4.42. The Morgan fingerprint density at radius 3 is 2.40 bits per heavy atom. The molecule has 1 fully saturated rings.